The van der Waals surface area contributed by atoms with Crippen molar-refractivity contribution in [3.8, 4) is 16.9 Å². The monoisotopic (exact) mass is 494 g/mol. The second-order valence-electron chi connectivity index (χ2n) is 7.42. The summed E-state index contributed by atoms with van der Waals surface area (Å²) < 4.78 is 6.45. The Labute approximate surface area is 203 Å². The summed E-state index contributed by atoms with van der Waals surface area (Å²) >= 11 is 7.17. The normalized spacial score (nSPS) is 10.7. The summed E-state index contributed by atoms with van der Waals surface area (Å²) in [5.74, 6) is -1.58. The molecule has 34 heavy (non-hydrogen) atoms. The maximum Gasteiger partial charge on any atom is 0.363 e. The lowest BCUT2D eigenvalue weighted by molar-refractivity contribution is -0.119. The first-order valence-corrected chi connectivity index (χ1v) is 11.4. The quantitative estimate of drug-likeness (QED) is 0.398. The Bertz CT molecular complexity index is 1410. The summed E-state index contributed by atoms with van der Waals surface area (Å²) in [4.78, 5) is 41.4. The van der Waals surface area contributed by atoms with E-state index >= 15 is 0 Å². The third-order valence-electron chi connectivity index (χ3n) is 4.80. The molecule has 0 radical (unpaired) electrons. The highest BCUT2D eigenvalue weighted by Crippen LogP contribution is 2.25. The van der Waals surface area contributed by atoms with Crippen molar-refractivity contribution in [2.75, 3.05) is 11.9 Å². The molecular weight excluding hydrogens is 476 g/mol. The zero-order valence-corrected chi connectivity index (χ0v) is 19.8. The van der Waals surface area contributed by atoms with Crippen LogP contribution in [-0.2, 0) is 9.53 Å². The number of hydrogen-bond acceptors (Lipinski definition) is 7. The van der Waals surface area contributed by atoms with Crippen molar-refractivity contribution in [2.45, 2.75) is 13.8 Å². The standard InChI is InChI=1S/C24H19ClN4O4S/c1-14-3-5-16(6-4-14)19-13-34-24(26-19)27-21(31)12-33-23(32)22-20(30)11-15(2)29(28-22)18-9-7-17(25)8-10-18/h3-11,13H,12H2,1-2H3,(H,26,27,31). The number of hydrogen-bond donors (Lipinski definition) is 1. The number of esters is 1. The van der Waals surface area contributed by atoms with Crippen LogP contribution in [0.15, 0.2) is 64.8 Å². The molecule has 172 valence electrons. The van der Waals surface area contributed by atoms with Gasteiger partial charge < -0.3 is 4.74 Å². The molecule has 2 heterocycles. The fraction of sp³-hybridized carbons (Fsp3) is 0.125. The molecule has 0 atom stereocenters. The molecule has 0 aliphatic carbocycles. The molecule has 10 heteroatoms. The van der Waals surface area contributed by atoms with Crippen molar-refractivity contribution < 1.29 is 14.3 Å². The largest absolute Gasteiger partial charge is 0.451 e. The van der Waals surface area contributed by atoms with Gasteiger partial charge in [-0.15, -0.1) is 11.3 Å². The molecule has 8 nitrogen and oxygen atoms in total. The van der Waals surface area contributed by atoms with Crippen molar-refractivity contribution in [1.82, 2.24) is 14.8 Å². The Balaban J connectivity index is 1.41. The Morgan fingerprint density at radius 3 is 2.50 bits per heavy atom. The van der Waals surface area contributed by atoms with E-state index in [-0.39, 0.29) is 0 Å². The summed E-state index contributed by atoms with van der Waals surface area (Å²) in [6.45, 7) is 3.09. The van der Waals surface area contributed by atoms with Crippen molar-refractivity contribution in [3.05, 3.63) is 92.2 Å². The highest BCUT2D eigenvalue weighted by Gasteiger charge is 2.19. The number of aryl methyl sites for hydroxylation is 2. The Hall–Kier alpha value is -3.82. The zero-order valence-electron chi connectivity index (χ0n) is 18.2. The van der Waals surface area contributed by atoms with Gasteiger partial charge in [0, 0.05) is 27.7 Å². The number of ether oxygens (including phenoxy) is 1. The topological polar surface area (TPSA) is 103 Å². The molecule has 0 bridgehead atoms. The van der Waals surface area contributed by atoms with E-state index in [1.807, 2.05) is 36.6 Å². The van der Waals surface area contributed by atoms with E-state index in [9.17, 15) is 14.4 Å². The van der Waals surface area contributed by atoms with Gasteiger partial charge in [0.05, 0.1) is 11.4 Å². The van der Waals surface area contributed by atoms with Gasteiger partial charge in [0.1, 0.15) is 0 Å². The summed E-state index contributed by atoms with van der Waals surface area (Å²) in [6, 6.07) is 15.9. The van der Waals surface area contributed by atoms with Crippen LogP contribution in [0.3, 0.4) is 0 Å². The smallest absolute Gasteiger partial charge is 0.363 e. The molecular formula is C24H19ClN4O4S. The van der Waals surface area contributed by atoms with E-state index in [2.05, 4.69) is 15.4 Å². The number of benzene rings is 2. The number of nitrogens with zero attached hydrogens (tertiary/aromatic N) is 3. The molecule has 2 aromatic carbocycles. The molecule has 0 fully saturated rings. The van der Waals surface area contributed by atoms with Crippen LogP contribution in [0, 0.1) is 13.8 Å². The molecule has 4 aromatic rings. The van der Waals surface area contributed by atoms with Crippen LogP contribution in [0.25, 0.3) is 16.9 Å². The fourth-order valence-electron chi connectivity index (χ4n) is 3.08. The van der Waals surface area contributed by atoms with E-state index in [1.165, 1.54) is 22.1 Å². The number of carbonyl (C=O) groups is 2. The minimum atomic E-state index is -0.998. The van der Waals surface area contributed by atoms with Gasteiger partial charge >= 0.3 is 5.97 Å². The van der Waals surface area contributed by atoms with Gasteiger partial charge in [0.25, 0.3) is 5.91 Å². The van der Waals surface area contributed by atoms with E-state index in [4.69, 9.17) is 16.3 Å². The van der Waals surface area contributed by atoms with Crippen molar-refractivity contribution in [2.24, 2.45) is 0 Å². The highest BCUT2D eigenvalue weighted by atomic mass is 35.5. The Kier molecular flexibility index (Phi) is 6.85. The average molecular weight is 495 g/mol. The summed E-state index contributed by atoms with van der Waals surface area (Å²) in [6.07, 6.45) is 0. The van der Waals surface area contributed by atoms with Crippen molar-refractivity contribution in [3.63, 3.8) is 0 Å². The average Bonchev–Trinajstić information content (AvgIpc) is 3.27. The minimum absolute atomic E-state index is 0.371. The summed E-state index contributed by atoms with van der Waals surface area (Å²) in [7, 11) is 0. The number of anilines is 1. The molecule has 0 saturated carbocycles. The van der Waals surface area contributed by atoms with Gasteiger partial charge in [-0.05, 0) is 38.1 Å². The number of thiazole rings is 1. The molecule has 1 amide bonds. The van der Waals surface area contributed by atoms with Crippen molar-refractivity contribution >= 4 is 39.9 Å². The SMILES string of the molecule is Cc1ccc(-c2csc(NC(=O)COC(=O)c3nn(-c4ccc(Cl)cc4)c(C)cc3=O)n2)cc1. The lowest BCUT2D eigenvalue weighted by Gasteiger charge is -2.11. The van der Waals surface area contributed by atoms with Crippen LogP contribution in [0.5, 0.6) is 0 Å². The lowest BCUT2D eigenvalue weighted by Crippen LogP contribution is -2.27. The van der Waals surface area contributed by atoms with Crippen molar-refractivity contribution in [1.29, 1.82) is 0 Å². The first-order valence-electron chi connectivity index (χ1n) is 10.2. The third-order valence-corrected chi connectivity index (χ3v) is 5.81. The summed E-state index contributed by atoms with van der Waals surface area (Å²) in [5.41, 5.74) is 2.90. The maximum atomic E-state index is 12.5. The summed E-state index contributed by atoms with van der Waals surface area (Å²) in [5, 5.41) is 9.45. The van der Waals surface area contributed by atoms with Crippen LogP contribution in [-0.4, -0.2) is 33.2 Å². The van der Waals surface area contributed by atoms with Gasteiger partial charge in [-0.25, -0.2) is 14.5 Å². The molecule has 0 unspecified atom stereocenters. The number of halogens is 1. The van der Waals surface area contributed by atoms with Gasteiger partial charge in [-0.2, -0.15) is 5.10 Å². The molecule has 2 aromatic heterocycles. The highest BCUT2D eigenvalue weighted by molar-refractivity contribution is 7.14. The fourth-order valence-corrected chi connectivity index (χ4v) is 3.94. The Morgan fingerprint density at radius 2 is 1.79 bits per heavy atom. The molecule has 1 N–H and O–H groups in total. The number of amides is 1. The van der Waals surface area contributed by atoms with Gasteiger partial charge in [0.15, 0.2) is 11.7 Å². The first kappa shape index (κ1) is 23.3. The van der Waals surface area contributed by atoms with Crippen LogP contribution in [0.4, 0.5) is 5.13 Å². The van der Waals surface area contributed by atoms with E-state index < -0.39 is 29.6 Å². The van der Waals surface area contributed by atoms with E-state index in [1.54, 1.807) is 31.2 Å². The number of carbonyl (C=O) groups excluding carboxylic acids is 2. The molecule has 0 aliphatic rings. The molecule has 4 rings (SSSR count). The van der Waals surface area contributed by atoms with Gasteiger partial charge in [-0.3, -0.25) is 14.9 Å². The predicted octanol–water partition coefficient (Wildman–Crippen LogP) is 4.42. The zero-order chi connectivity index (χ0) is 24.2. The predicted molar refractivity (Wildman–Crippen MR) is 131 cm³/mol. The lowest BCUT2D eigenvalue weighted by atomic mass is 10.1. The second kappa shape index (κ2) is 9.98. The van der Waals surface area contributed by atoms with Crippen LogP contribution in [0.2, 0.25) is 5.02 Å². The molecule has 0 aliphatic heterocycles. The third kappa shape index (κ3) is 5.38. The molecule has 0 saturated heterocycles. The molecule has 0 spiro atoms. The van der Waals surface area contributed by atoms with Crippen LogP contribution < -0.4 is 10.7 Å². The number of rotatable bonds is 6. The first-order chi connectivity index (χ1) is 16.3. The Morgan fingerprint density at radius 1 is 1.09 bits per heavy atom. The maximum absolute atomic E-state index is 12.5. The van der Waals surface area contributed by atoms with Crippen LogP contribution >= 0.6 is 22.9 Å². The van der Waals surface area contributed by atoms with Gasteiger partial charge in [-0.1, -0.05) is 41.4 Å². The van der Waals surface area contributed by atoms with E-state index in [0.717, 1.165) is 16.8 Å². The van der Waals surface area contributed by atoms with E-state index in [0.29, 0.717) is 21.5 Å². The number of nitrogens with one attached hydrogen (secondary N) is 1. The van der Waals surface area contributed by atoms with Crippen LogP contribution in [0.1, 0.15) is 21.7 Å². The second-order valence-corrected chi connectivity index (χ2v) is 8.71. The minimum Gasteiger partial charge on any atom is -0.451 e. The van der Waals surface area contributed by atoms with Gasteiger partial charge in [0.2, 0.25) is 11.1 Å². The number of aromatic nitrogens is 3.